The number of aromatic nitrogens is 4. The van der Waals surface area contributed by atoms with Crippen LogP contribution in [0.15, 0.2) is 163 Å². The van der Waals surface area contributed by atoms with Crippen LogP contribution < -0.4 is 23.7 Å². The van der Waals surface area contributed by atoms with E-state index in [1.807, 2.05) is 104 Å². The van der Waals surface area contributed by atoms with Crippen LogP contribution in [-0.4, -0.2) is 118 Å². The molecule has 84 heavy (non-hydrogen) atoms. The van der Waals surface area contributed by atoms with Gasteiger partial charge in [-0.3, -0.25) is 9.38 Å². The summed E-state index contributed by atoms with van der Waals surface area (Å²) in [5.74, 6) is 1.63. The molecule has 2 atom stereocenters. The van der Waals surface area contributed by atoms with Gasteiger partial charge in [-0.25, -0.2) is 38.2 Å². The van der Waals surface area contributed by atoms with Crippen molar-refractivity contribution in [2.75, 3.05) is 60.6 Å². The molecule has 1 fully saturated rings. The highest BCUT2D eigenvalue weighted by Gasteiger charge is 2.41. The molecule has 1 aliphatic rings. The first-order valence-electron chi connectivity index (χ1n) is 26.8. The molecule has 0 bridgehead atoms. The van der Waals surface area contributed by atoms with Crippen LogP contribution in [0.5, 0.6) is 28.9 Å². The number of carbonyl (C=O) groups excluding carboxylic acids is 1. The van der Waals surface area contributed by atoms with Crippen molar-refractivity contribution in [3.05, 3.63) is 196 Å². The van der Waals surface area contributed by atoms with Crippen molar-refractivity contribution in [2.24, 2.45) is 0 Å². The van der Waals surface area contributed by atoms with Crippen molar-refractivity contribution in [3.63, 3.8) is 0 Å². The van der Waals surface area contributed by atoms with E-state index in [2.05, 4.69) is 30.8 Å². The highest BCUT2D eigenvalue weighted by Crippen LogP contribution is 2.51. The van der Waals surface area contributed by atoms with E-state index in [0.717, 1.165) is 16.7 Å². The zero-order valence-electron chi connectivity index (χ0n) is 46.0. The van der Waals surface area contributed by atoms with Crippen LogP contribution in [0.1, 0.15) is 22.4 Å². The number of ether oxygens (including phenoxy) is 6. The lowest BCUT2D eigenvalue weighted by atomic mass is 9.99. The second-order valence-corrected chi connectivity index (χ2v) is 23.4. The van der Waals surface area contributed by atoms with Crippen LogP contribution in [0, 0.1) is 5.82 Å². The molecule has 1 aliphatic heterocycles. The van der Waals surface area contributed by atoms with E-state index in [9.17, 15) is 23.5 Å². The minimum atomic E-state index is -4.77. The number of hydrogen-bond acceptors (Lipinski definition) is 15. The molecule has 22 heteroatoms. The minimum absolute atomic E-state index is 0.0130. The maximum Gasteiger partial charge on any atom is 0.474 e. The number of quaternary nitrogens is 1. The fraction of sp³-hybridized carbons (Fsp3) is 0.242. The summed E-state index contributed by atoms with van der Waals surface area (Å²) < 4.78 is 69.5. The Bertz CT molecular complexity index is 3780. The summed E-state index contributed by atoms with van der Waals surface area (Å²) in [5, 5.41) is 0.749. The van der Waals surface area contributed by atoms with E-state index in [-0.39, 0.29) is 37.1 Å². The summed E-state index contributed by atoms with van der Waals surface area (Å²) in [6, 6.07) is 43.1. The maximum absolute atomic E-state index is 14.6. The minimum Gasteiger partial charge on any atom is -0.497 e. The number of methoxy groups -OCH3 is 2. The lowest BCUT2D eigenvalue weighted by Crippen LogP contribution is -2.63. The first-order valence-corrected chi connectivity index (χ1v) is 30.3. The van der Waals surface area contributed by atoms with Crippen molar-refractivity contribution in [2.45, 2.75) is 38.4 Å². The lowest BCUT2D eigenvalue weighted by Gasteiger charge is -2.46. The van der Waals surface area contributed by atoms with Crippen LogP contribution in [0.3, 0.4) is 0 Å². The van der Waals surface area contributed by atoms with Gasteiger partial charge in [0, 0.05) is 47.2 Å². The van der Waals surface area contributed by atoms with Crippen LogP contribution in [0.4, 0.5) is 4.39 Å². The van der Waals surface area contributed by atoms with E-state index in [1.165, 1.54) is 29.8 Å². The number of para-hydroxylation sites is 2. The molecule has 9 aromatic rings. The zero-order valence-corrected chi connectivity index (χ0v) is 50.0. The molecular weight excluding hydrogens is 1200 g/mol. The summed E-state index contributed by atoms with van der Waals surface area (Å²) in [7, 11) is 0.360. The number of hydrogen-bond donors (Lipinski definition) is 2. The average Bonchev–Trinajstić information content (AvgIpc) is 2.13. The van der Waals surface area contributed by atoms with E-state index < -0.39 is 31.9 Å². The molecule has 10 rings (SSSR count). The number of benzene rings is 6. The van der Waals surface area contributed by atoms with Gasteiger partial charge in [-0.05, 0) is 104 Å². The van der Waals surface area contributed by atoms with Gasteiger partial charge in [0.05, 0.1) is 62.4 Å². The number of likely N-dealkylation sites (N-methyl/N-ethyl adjacent to an activating group) is 1. The molecule has 0 aliphatic carbocycles. The van der Waals surface area contributed by atoms with Crippen molar-refractivity contribution in [3.8, 4) is 61.8 Å². The van der Waals surface area contributed by atoms with Gasteiger partial charge in [-0.15, -0.1) is 11.3 Å². The molecule has 3 aromatic heterocycles. The number of halogens is 3. The molecule has 0 saturated carbocycles. The van der Waals surface area contributed by atoms with E-state index in [1.54, 1.807) is 56.8 Å². The SMILES string of the molecule is COc1ccc(COC(=O)C(Cc2ccccc2OCc2ccnc(-c3ccccc3OC)n2)Oc2ncnc3sc(-c4ccc(F)cc4)c(-c4ccc(OCCN5CC[N+](C)(C(Cc6ccccc6)OP(=O)(O)O)CC5)c(Cl)c4Br)c23)cc1. The third-order valence-electron chi connectivity index (χ3n) is 14.5. The number of esters is 1. The number of carbonyl (C=O) groups is 1. The molecule has 0 amide bonds. The molecular formula is C62H59BrClFN6O11PS+. The molecule has 0 radical (unpaired) electrons. The van der Waals surface area contributed by atoms with Crippen LogP contribution in [0.2, 0.25) is 5.02 Å². The first kappa shape index (κ1) is 59.8. The number of fused-ring (bicyclic) bond motifs is 1. The molecule has 1 saturated heterocycles. The number of phosphoric acid groups is 1. The second-order valence-electron chi connectivity index (χ2n) is 20.0. The van der Waals surface area contributed by atoms with Crippen LogP contribution >= 0.6 is 46.7 Å². The number of rotatable bonds is 24. The quantitative estimate of drug-likeness (QED) is 0.0329. The molecule has 434 valence electrons. The second kappa shape index (κ2) is 27.1. The largest absolute Gasteiger partial charge is 0.497 e. The highest BCUT2D eigenvalue weighted by atomic mass is 79.9. The number of piperazine rings is 1. The predicted octanol–water partition coefficient (Wildman–Crippen LogP) is 12.2. The molecule has 4 heterocycles. The fourth-order valence-corrected chi connectivity index (χ4v) is 12.4. The summed E-state index contributed by atoms with van der Waals surface area (Å²) in [4.78, 5) is 56.4. The van der Waals surface area contributed by atoms with E-state index in [4.69, 9.17) is 54.5 Å². The smallest absolute Gasteiger partial charge is 0.474 e. The number of thiophene rings is 1. The van der Waals surface area contributed by atoms with Crippen LogP contribution in [-0.2, 0) is 44.7 Å². The molecule has 2 N–H and O–H groups in total. The van der Waals surface area contributed by atoms with Gasteiger partial charge < -0.3 is 38.2 Å². The van der Waals surface area contributed by atoms with Gasteiger partial charge in [-0.1, -0.05) is 96.5 Å². The summed E-state index contributed by atoms with van der Waals surface area (Å²) in [6.45, 7) is 3.28. The number of nitrogens with zero attached hydrogens (tertiary/aromatic N) is 6. The molecule has 0 spiro atoms. The Morgan fingerprint density at radius 1 is 0.786 bits per heavy atom. The summed E-state index contributed by atoms with van der Waals surface area (Å²) >= 11 is 12.4. The Balaban J connectivity index is 0.919. The lowest BCUT2D eigenvalue weighted by molar-refractivity contribution is -0.954. The monoisotopic (exact) mass is 1260 g/mol. The third kappa shape index (κ3) is 14.6. The molecule has 6 aromatic carbocycles. The molecule has 17 nitrogen and oxygen atoms in total. The van der Waals surface area contributed by atoms with Gasteiger partial charge in [0.25, 0.3) is 0 Å². The first-order chi connectivity index (χ1) is 40.6. The third-order valence-corrected chi connectivity index (χ3v) is 17.6. The average molecular weight is 1260 g/mol. The fourth-order valence-electron chi connectivity index (χ4n) is 9.88. The topological polar surface area (TPSA) is 194 Å². The zero-order chi connectivity index (χ0) is 58.8. The van der Waals surface area contributed by atoms with Gasteiger partial charge in [-0.2, -0.15) is 0 Å². The van der Waals surface area contributed by atoms with Gasteiger partial charge in [0.2, 0.25) is 18.2 Å². The van der Waals surface area contributed by atoms with Crippen molar-refractivity contribution >= 4 is 62.9 Å². The predicted molar refractivity (Wildman–Crippen MR) is 322 cm³/mol. The highest BCUT2D eigenvalue weighted by molar-refractivity contribution is 9.10. The molecule has 2 unspecified atom stereocenters. The Morgan fingerprint density at radius 3 is 2.25 bits per heavy atom. The summed E-state index contributed by atoms with van der Waals surface area (Å²) in [6.07, 6.45) is 1.32. The Kier molecular flexibility index (Phi) is 19.3. The van der Waals surface area contributed by atoms with Gasteiger partial charge in [0.15, 0.2) is 5.82 Å². The van der Waals surface area contributed by atoms with Crippen molar-refractivity contribution in [1.82, 2.24) is 24.8 Å². The normalized spacial score (nSPS) is 14.1. The summed E-state index contributed by atoms with van der Waals surface area (Å²) in [5.41, 5.74) is 5.51. The van der Waals surface area contributed by atoms with Gasteiger partial charge >= 0.3 is 13.8 Å². The van der Waals surface area contributed by atoms with Gasteiger partial charge in [0.1, 0.15) is 59.8 Å². The standard InChI is InChI=1S/C62H58BrClFN6O11PS/c1-71(53(82-83(73,74)75)35-40-11-5-4-6-12-40)32-29-70(30-33-71)31-34-78-51-26-25-48(56(63)57(51)64)54-55-60(67-39-68-61(55)84-58(54)42-19-21-44(65)22-20-42)81-52(62(72)80-37-41-17-23-46(76-2)24-18-41)36-43-13-7-9-15-49(43)79-38-45-27-28-66-59(69-45)47-14-8-10-16-50(47)77-3/h4-28,39,52-53H,29-38H2,1-3H3,(H-,73,74,75)/p+1. The Morgan fingerprint density at radius 2 is 1.51 bits per heavy atom. The van der Waals surface area contributed by atoms with Crippen molar-refractivity contribution in [1.29, 1.82) is 0 Å². The number of phosphoric ester groups is 1. The van der Waals surface area contributed by atoms with E-state index >= 15 is 0 Å². The van der Waals surface area contributed by atoms with Crippen molar-refractivity contribution < 1.29 is 61.0 Å². The van der Waals surface area contributed by atoms with Crippen LogP contribution in [0.25, 0.3) is 43.2 Å². The maximum atomic E-state index is 14.6. The Hall–Kier alpha value is -7.36. The Labute approximate surface area is 502 Å². The van der Waals surface area contributed by atoms with E-state index in [0.29, 0.717) is 120 Å².